The van der Waals surface area contributed by atoms with Crippen molar-refractivity contribution in [2.24, 2.45) is 5.92 Å². The quantitative estimate of drug-likeness (QED) is 0.887. The molecule has 0 spiro atoms. The number of sulfone groups is 1. The molecule has 0 amide bonds. The molecule has 1 aromatic rings. The summed E-state index contributed by atoms with van der Waals surface area (Å²) in [5.74, 6) is -0.659. The van der Waals surface area contributed by atoms with Crippen LogP contribution in [0, 0.1) is 5.92 Å². The zero-order chi connectivity index (χ0) is 14.0. The van der Waals surface area contributed by atoms with Gasteiger partial charge >= 0.3 is 5.97 Å². The van der Waals surface area contributed by atoms with Gasteiger partial charge in [0.1, 0.15) is 0 Å². The fourth-order valence-electron chi connectivity index (χ4n) is 2.13. The molecule has 1 aliphatic rings. The largest absolute Gasteiger partial charge is 0.478 e. The van der Waals surface area contributed by atoms with Gasteiger partial charge < -0.3 is 10.4 Å². The number of hydrogen-bond donors (Lipinski definition) is 2. The van der Waals surface area contributed by atoms with Crippen molar-refractivity contribution < 1.29 is 18.3 Å². The summed E-state index contributed by atoms with van der Waals surface area (Å²) in [6, 6.07) is 4.56. The molecular formula is C12H14ClNO4S. The molecular weight excluding hydrogens is 290 g/mol. The zero-order valence-corrected chi connectivity index (χ0v) is 11.7. The maximum Gasteiger partial charge on any atom is 0.337 e. The summed E-state index contributed by atoms with van der Waals surface area (Å²) in [6.07, 6.45) is 0.616. The summed E-state index contributed by atoms with van der Waals surface area (Å²) in [4.78, 5) is 11.1. The standard InChI is InChI=1S/C12H14ClNO4S/c13-9-1-2-11(10(5-9)12(15)16)14-6-8-3-4-19(17,18)7-8/h1-2,5,8,14H,3-4,6-7H2,(H,15,16). The topological polar surface area (TPSA) is 83.5 Å². The second kappa shape index (κ2) is 5.38. The van der Waals surface area contributed by atoms with Gasteiger partial charge in [0.2, 0.25) is 0 Å². The Kier molecular flexibility index (Phi) is 4.01. The van der Waals surface area contributed by atoms with Gasteiger partial charge in [-0.25, -0.2) is 13.2 Å². The van der Waals surface area contributed by atoms with E-state index in [0.717, 1.165) is 0 Å². The minimum atomic E-state index is -2.91. The summed E-state index contributed by atoms with van der Waals surface area (Å²) in [7, 11) is -2.91. The molecule has 1 saturated heterocycles. The van der Waals surface area contributed by atoms with Crippen molar-refractivity contribution >= 4 is 33.1 Å². The van der Waals surface area contributed by atoms with Gasteiger partial charge in [-0.15, -0.1) is 0 Å². The third-order valence-corrected chi connectivity index (χ3v) is 5.19. The first-order valence-electron chi connectivity index (χ1n) is 5.84. The molecule has 1 aromatic carbocycles. The van der Waals surface area contributed by atoms with Gasteiger partial charge in [0.15, 0.2) is 9.84 Å². The first-order chi connectivity index (χ1) is 8.87. The number of hydrogen-bond acceptors (Lipinski definition) is 4. The molecule has 0 aliphatic carbocycles. The first-order valence-corrected chi connectivity index (χ1v) is 8.04. The van der Waals surface area contributed by atoms with Crippen molar-refractivity contribution in [2.45, 2.75) is 6.42 Å². The molecule has 1 unspecified atom stereocenters. The lowest BCUT2D eigenvalue weighted by Crippen LogP contribution is -2.17. The van der Waals surface area contributed by atoms with Gasteiger partial charge in [-0.05, 0) is 30.5 Å². The minimum absolute atomic E-state index is 0.0299. The lowest BCUT2D eigenvalue weighted by molar-refractivity contribution is 0.0698. The lowest BCUT2D eigenvalue weighted by atomic mass is 10.1. The van der Waals surface area contributed by atoms with Gasteiger partial charge in [0.25, 0.3) is 0 Å². The van der Waals surface area contributed by atoms with Crippen LogP contribution in [0.2, 0.25) is 5.02 Å². The Morgan fingerprint density at radius 2 is 2.21 bits per heavy atom. The van der Waals surface area contributed by atoms with Gasteiger partial charge in [-0.3, -0.25) is 0 Å². The molecule has 2 rings (SSSR count). The third-order valence-electron chi connectivity index (χ3n) is 3.12. The Bertz CT molecular complexity index is 600. The van der Waals surface area contributed by atoms with Crippen LogP contribution in [0.25, 0.3) is 0 Å². The molecule has 7 heteroatoms. The van der Waals surface area contributed by atoms with Crippen LogP contribution in [0.5, 0.6) is 0 Å². The molecule has 0 radical (unpaired) electrons. The van der Waals surface area contributed by atoms with Crippen LogP contribution < -0.4 is 5.32 Å². The van der Waals surface area contributed by atoms with Crippen molar-refractivity contribution in [2.75, 3.05) is 23.4 Å². The minimum Gasteiger partial charge on any atom is -0.478 e. The molecule has 0 saturated carbocycles. The van der Waals surface area contributed by atoms with Crippen LogP contribution in [-0.2, 0) is 9.84 Å². The third kappa shape index (κ3) is 3.61. The van der Waals surface area contributed by atoms with E-state index in [0.29, 0.717) is 23.7 Å². The molecule has 1 aliphatic heterocycles. The molecule has 19 heavy (non-hydrogen) atoms. The van der Waals surface area contributed by atoms with Crippen molar-refractivity contribution in [3.63, 3.8) is 0 Å². The number of nitrogens with one attached hydrogen (secondary N) is 1. The Balaban J connectivity index is 2.06. The van der Waals surface area contributed by atoms with E-state index in [1.807, 2.05) is 0 Å². The highest BCUT2D eigenvalue weighted by Gasteiger charge is 2.27. The fourth-order valence-corrected chi connectivity index (χ4v) is 4.17. The highest BCUT2D eigenvalue weighted by atomic mass is 35.5. The van der Waals surface area contributed by atoms with Crippen LogP contribution in [0.15, 0.2) is 18.2 Å². The number of benzene rings is 1. The summed E-state index contributed by atoms with van der Waals surface area (Å²) >= 11 is 5.76. The summed E-state index contributed by atoms with van der Waals surface area (Å²) < 4.78 is 22.7. The Hall–Kier alpha value is -1.27. The van der Waals surface area contributed by atoms with Crippen LogP contribution in [0.4, 0.5) is 5.69 Å². The lowest BCUT2D eigenvalue weighted by Gasteiger charge is -2.13. The number of carboxylic acid groups (broad SMARTS) is 1. The second-order valence-electron chi connectivity index (χ2n) is 4.65. The van der Waals surface area contributed by atoms with Crippen molar-refractivity contribution in [1.82, 2.24) is 0 Å². The van der Waals surface area contributed by atoms with Gasteiger partial charge in [-0.1, -0.05) is 11.6 Å². The number of anilines is 1. The van der Waals surface area contributed by atoms with E-state index in [9.17, 15) is 13.2 Å². The highest BCUT2D eigenvalue weighted by Crippen LogP contribution is 2.23. The van der Waals surface area contributed by atoms with E-state index < -0.39 is 15.8 Å². The van der Waals surface area contributed by atoms with Gasteiger partial charge in [0.05, 0.1) is 17.1 Å². The normalized spacial score (nSPS) is 21.2. The predicted molar refractivity (Wildman–Crippen MR) is 73.7 cm³/mol. The summed E-state index contributed by atoms with van der Waals surface area (Å²) in [5, 5.41) is 12.4. The average molecular weight is 304 g/mol. The maximum atomic E-state index is 11.3. The average Bonchev–Trinajstić information content (AvgIpc) is 2.67. The molecule has 0 aromatic heterocycles. The van der Waals surface area contributed by atoms with Gasteiger partial charge in [-0.2, -0.15) is 0 Å². The van der Waals surface area contributed by atoms with E-state index >= 15 is 0 Å². The Labute approximate surface area is 116 Å². The van der Waals surface area contributed by atoms with E-state index in [-0.39, 0.29) is 23.0 Å². The monoisotopic (exact) mass is 303 g/mol. The molecule has 2 N–H and O–H groups in total. The number of carbonyl (C=O) groups is 1. The smallest absolute Gasteiger partial charge is 0.337 e. The van der Waals surface area contributed by atoms with E-state index in [1.54, 1.807) is 12.1 Å². The van der Waals surface area contributed by atoms with E-state index in [1.165, 1.54) is 6.07 Å². The number of aromatic carboxylic acids is 1. The summed E-state index contributed by atoms with van der Waals surface area (Å²) in [5.41, 5.74) is 0.551. The molecule has 1 fully saturated rings. The fraction of sp³-hybridized carbons (Fsp3) is 0.417. The van der Waals surface area contributed by atoms with E-state index in [2.05, 4.69) is 5.32 Å². The maximum absolute atomic E-state index is 11.3. The van der Waals surface area contributed by atoms with Gasteiger partial charge in [0, 0.05) is 17.3 Å². The van der Waals surface area contributed by atoms with E-state index in [4.69, 9.17) is 16.7 Å². The highest BCUT2D eigenvalue weighted by molar-refractivity contribution is 7.91. The number of halogens is 1. The zero-order valence-electron chi connectivity index (χ0n) is 10.1. The van der Waals surface area contributed by atoms with Crippen molar-refractivity contribution in [3.8, 4) is 0 Å². The van der Waals surface area contributed by atoms with Crippen LogP contribution >= 0.6 is 11.6 Å². The van der Waals surface area contributed by atoms with Crippen molar-refractivity contribution in [3.05, 3.63) is 28.8 Å². The first kappa shape index (κ1) is 14.1. The van der Waals surface area contributed by atoms with Crippen LogP contribution in [-0.4, -0.2) is 37.5 Å². The Morgan fingerprint density at radius 3 is 2.79 bits per heavy atom. The molecule has 1 heterocycles. The Morgan fingerprint density at radius 1 is 1.47 bits per heavy atom. The number of carboxylic acids is 1. The second-order valence-corrected chi connectivity index (χ2v) is 7.31. The molecule has 5 nitrogen and oxygen atoms in total. The molecule has 1 atom stereocenters. The SMILES string of the molecule is O=C(O)c1cc(Cl)ccc1NCC1CCS(=O)(=O)C1. The summed E-state index contributed by atoms with van der Waals surface area (Å²) in [6.45, 7) is 0.446. The molecule has 104 valence electrons. The van der Waals surface area contributed by atoms with Crippen molar-refractivity contribution in [1.29, 1.82) is 0 Å². The predicted octanol–water partition coefficient (Wildman–Crippen LogP) is 1.88. The molecule has 0 bridgehead atoms. The van der Waals surface area contributed by atoms with Crippen LogP contribution in [0.1, 0.15) is 16.8 Å². The van der Waals surface area contributed by atoms with Crippen LogP contribution in [0.3, 0.4) is 0 Å². The number of rotatable bonds is 4.